The zero-order valence-corrected chi connectivity index (χ0v) is 19.7. The number of pyridine rings is 1. The lowest BCUT2D eigenvalue weighted by Gasteiger charge is -2.28. The van der Waals surface area contributed by atoms with E-state index in [-0.39, 0.29) is 12.4 Å². The summed E-state index contributed by atoms with van der Waals surface area (Å²) in [7, 11) is 0. The van der Waals surface area contributed by atoms with Gasteiger partial charge in [-0.2, -0.15) is 26.3 Å². The molecule has 6 N–H and O–H groups in total. The molecule has 2 amide bonds. The molecule has 1 aliphatic heterocycles. The number of fused-ring (bicyclic) bond motifs is 1. The predicted molar refractivity (Wildman–Crippen MR) is 129 cm³/mol. The van der Waals surface area contributed by atoms with Crippen molar-refractivity contribution < 1.29 is 31.1 Å². The Hall–Kier alpha value is -4.11. The van der Waals surface area contributed by atoms with Gasteiger partial charge in [-0.1, -0.05) is 18.2 Å². The number of rotatable bonds is 6. The highest BCUT2D eigenvalue weighted by molar-refractivity contribution is 5.99. The summed E-state index contributed by atoms with van der Waals surface area (Å²) in [4.78, 5) is 19.9. The monoisotopic (exact) mass is 540 g/mol. The molecule has 0 saturated heterocycles. The molecule has 0 aliphatic carbocycles. The third kappa shape index (κ3) is 6.23. The highest BCUT2D eigenvalue weighted by Gasteiger charge is 2.34. The summed E-state index contributed by atoms with van der Waals surface area (Å²) in [6.07, 6.45) is -7.67. The standard InChI is InChI=1S/C23H22F6N8O/c1-21(30)19-16(9-15(37(19)33-12-32-21)10-31-11-22(24,25)26)13-5-7-14(8-6-13)34-20(38)36-18-4-2-3-17(35-18)23(27,28)29/h2-9,12,31H,10-11,30H2,1H3,(H,32,33)(H2,34,35,36,38). The molecule has 0 radical (unpaired) electrons. The SMILES string of the molecule is CC1(N)N=CNn2c(CNCC(F)(F)F)cc(-c3ccc(NC(=O)Nc4cccc(C(F)(F)F)n4)cc3)c21. The molecular formula is C23H22F6N8O. The van der Waals surface area contributed by atoms with Crippen LogP contribution in [-0.2, 0) is 18.4 Å². The summed E-state index contributed by atoms with van der Waals surface area (Å²) in [5.74, 6) is -0.281. The molecular weight excluding hydrogens is 518 g/mol. The number of nitrogens with zero attached hydrogens (tertiary/aromatic N) is 3. The van der Waals surface area contributed by atoms with Crippen LogP contribution in [0, 0.1) is 0 Å². The third-order valence-electron chi connectivity index (χ3n) is 5.44. The summed E-state index contributed by atoms with van der Waals surface area (Å²) in [6, 6.07) is 10.4. The first-order valence-electron chi connectivity index (χ1n) is 11.1. The second kappa shape index (κ2) is 9.98. The molecule has 1 unspecified atom stereocenters. The smallest absolute Gasteiger partial charge is 0.308 e. The Morgan fingerprint density at radius 2 is 1.79 bits per heavy atom. The van der Waals surface area contributed by atoms with Gasteiger partial charge < -0.3 is 16.4 Å². The number of aromatic nitrogens is 2. The molecule has 0 fully saturated rings. The minimum atomic E-state index is -4.66. The van der Waals surface area contributed by atoms with Crippen molar-refractivity contribution in [3.05, 3.63) is 65.6 Å². The average Bonchev–Trinajstić information content (AvgIpc) is 3.18. The first-order valence-corrected chi connectivity index (χ1v) is 11.1. The predicted octanol–water partition coefficient (Wildman–Crippen LogP) is 4.58. The Labute approximate surface area is 212 Å². The van der Waals surface area contributed by atoms with E-state index >= 15 is 0 Å². The molecule has 3 aromatic rings. The molecule has 1 aromatic carbocycles. The number of carbonyl (C=O) groups is 1. The number of halogens is 6. The number of benzene rings is 1. The van der Waals surface area contributed by atoms with E-state index in [0.29, 0.717) is 28.2 Å². The number of hydrogen-bond donors (Lipinski definition) is 5. The van der Waals surface area contributed by atoms with E-state index in [1.54, 1.807) is 41.9 Å². The minimum Gasteiger partial charge on any atom is -0.308 e. The summed E-state index contributed by atoms with van der Waals surface area (Å²) >= 11 is 0. The van der Waals surface area contributed by atoms with Crippen molar-refractivity contribution in [3.8, 4) is 11.1 Å². The van der Waals surface area contributed by atoms with Crippen molar-refractivity contribution >= 4 is 23.9 Å². The van der Waals surface area contributed by atoms with Crippen molar-refractivity contribution in [1.29, 1.82) is 0 Å². The second-order valence-electron chi connectivity index (χ2n) is 8.55. The van der Waals surface area contributed by atoms with Gasteiger partial charge >= 0.3 is 18.4 Å². The van der Waals surface area contributed by atoms with E-state index in [1.165, 1.54) is 12.4 Å². The van der Waals surface area contributed by atoms with Crippen LogP contribution in [0.25, 0.3) is 11.1 Å². The fourth-order valence-corrected chi connectivity index (χ4v) is 3.85. The Balaban J connectivity index is 1.51. The zero-order valence-electron chi connectivity index (χ0n) is 19.7. The molecule has 15 heteroatoms. The van der Waals surface area contributed by atoms with Crippen LogP contribution in [0.4, 0.5) is 42.6 Å². The van der Waals surface area contributed by atoms with E-state index in [4.69, 9.17) is 5.73 Å². The minimum absolute atomic E-state index is 0.104. The number of nitrogens with two attached hydrogens (primary N) is 1. The number of anilines is 2. The highest BCUT2D eigenvalue weighted by Crippen LogP contribution is 2.36. The molecule has 1 aliphatic rings. The summed E-state index contributed by atoms with van der Waals surface area (Å²) in [6.45, 7) is 0.372. The lowest BCUT2D eigenvalue weighted by Crippen LogP contribution is -2.41. The number of urea groups is 1. The molecule has 0 spiro atoms. The van der Waals surface area contributed by atoms with Crippen LogP contribution in [0.15, 0.2) is 53.5 Å². The maximum absolute atomic E-state index is 12.8. The van der Waals surface area contributed by atoms with Gasteiger partial charge in [-0.3, -0.25) is 15.4 Å². The number of alkyl halides is 6. The number of nitrogens with one attached hydrogen (secondary N) is 4. The van der Waals surface area contributed by atoms with Crippen LogP contribution in [-0.4, -0.2) is 34.8 Å². The van der Waals surface area contributed by atoms with Gasteiger partial charge in [0.2, 0.25) is 0 Å². The van der Waals surface area contributed by atoms with Crippen molar-refractivity contribution in [2.24, 2.45) is 10.7 Å². The van der Waals surface area contributed by atoms with Crippen LogP contribution in [0.1, 0.15) is 24.0 Å². The quantitative estimate of drug-likeness (QED) is 0.293. The maximum Gasteiger partial charge on any atom is 0.433 e. The molecule has 0 saturated carbocycles. The first kappa shape index (κ1) is 26.9. The van der Waals surface area contributed by atoms with E-state index in [0.717, 1.165) is 12.1 Å². The molecule has 202 valence electrons. The molecule has 2 aromatic heterocycles. The fraction of sp³-hybridized carbons (Fsp3) is 0.261. The summed E-state index contributed by atoms with van der Waals surface area (Å²) < 4.78 is 77.9. The number of amides is 2. The van der Waals surface area contributed by atoms with Crippen LogP contribution in [0.5, 0.6) is 0 Å². The van der Waals surface area contributed by atoms with Crippen LogP contribution in [0.3, 0.4) is 0 Å². The molecule has 4 rings (SSSR count). The maximum atomic E-state index is 12.8. The fourth-order valence-electron chi connectivity index (χ4n) is 3.85. The van der Waals surface area contributed by atoms with Gasteiger partial charge in [-0.25, -0.2) is 14.8 Å². The second-order valence-corrected chi connectivity index (χ2v) is 8.55. The highest BCUT2D eigenvalue weighted by atomic mass is 19.4. The van der Waals surface area contributed by atoms with Crippen LogP contribution < -0.4 is 27.1 Å². The lowest BCUT2D eigenvalue weighted by atomic mass is 9.99. The normalized spacial score (nSPS) is 17.1. The van der Waals surface area contributed by atoms with Gasteiger partial charge in [-0.15, -0.1) is 0 Å². The van der Waals surface area contributed by atoms with Gasteiger partial charge in [0.1, 0.15) is 23.5 Å². The van der Waals surface area contributed by atoms with Crippen molar-refractivity contribution in [2.45, 2.75) is 31.5 Å². The molecule has 1 atom stereocenters. The molecule has 9 nitrogen and oxygen atoms in total. The van der Waals surface area contributed by atoms with E-state index in [1.807, 2.05) is 0 Å². The van der Waals surface area contributed by atoms with Crippen LogP contribution in [0.2, 0.25) is 0 Å². The molecule has 38 heavy (non-hydrogen) atoms. The zero-order chi connectivity index (χ0) is 27.7. The topological polar surface area (TPSA) is 121 Å². The van der Waals surface area contributed by atoms with Crippen molar-refractivity contribution in [1.82, 2.24) is 15.0 Å². The summed E-state index contributed by atoms with van der Waals surface area (Å²) in [5, 5.41) is 7.09. The van der Waals surface area contributed by atoms with Gasteiger partial charge in [-0.05, 0) is 42.8 Å². The van der Waals surface area contributed by atoms with E-state index < -0.39 is 36.3 Å². The van der Waals surface area contributed by atoms with Gasteiger partial charge in [0.25, 0.3) is 0 Å². The molecule has 3 heterocycles. The number of hydrogen-bond acceptors (Lipinski definition) is 6. The number of carbonyl (C=O) groups excluding carboxylic acids is 1. The van der Waals surface area contributed by atoms with Gasteiger partial charge in [0.15, 0.2) is 0 Å². The number of aliphatic imine (C=N–C) groups is 1. The Kier molecular flexibility index (Phi) is 7.08. The first-order chi connectivity index (χ1) is 17.7. The van der Waals surface area contributed by atoms with Gasteiger partial charge in [0.05, 0.1) is 17.9 Å². The molecule has 0 bridgehead atoms. The average molecular weight is 540 g/mol. The third-order valence-corrected chi connectivity index (χ3v) is 5.44. The van der Waals surface area contributed by atoms with Crippen molar-refractivity contribution in [3.63, 3.8) is 0 Å². The van der Waals surface area contributed by atoms with Crippen LogP contribution >= 0.6 is 0 Å². The Morgan fingerprint density at radius 1 is 1.08 bits per heavy atom. The van der Waals surface area contributed by atoms with E-state index in [2.05, 4.69) is 31.4 Å². The largest absolute Gasteiger partial charge is 0.433 e. The van der Waals surface area contributed by atoms with Gasteiger partial charge in [0, 0.05) is 17.8 Å². The lowest BCUT2D eigenvalue weighted by molar-refractivity contribution is -0.141. The Bertz CT molecular complexity index is 1350. The van der Waals surface area contributed by atoms with Crippen molar-refractivity contribution in [2.75, 3.05) is 22.6 Å². The summed E-state index contributed by atoms with van der Waals surface area (Å²) in [5.41, 5.74) is 9.46. The van der Waals surface area contributed by atoms with E-state index in [9.17, 15) is 31.1 Å². The Morgan fingerprint density at radius 3 is 2.45 bits per heavy atom.